The zero-order chi connectivity index (χ0) is 32.3. The van der Waals surface area contributed by atoms with Gasteiger partial charge in [0.05, 0.1) is 27.3 Å². The molecule has 1 saturated heterocycles. The van der Waals surface area contributed by atoms with Crippen molar-refractivity contribution in [1.29, 1.82) is 0 Å². The van der Waals surface area contributed by atoms with Crippen LogP contribution in [0.4, 0.5) is 14.6 Å². The van der Waals surface area contributed by atoms with Gasteiger partial charge in [-0.1, -0.05) is 32.6 Å². The number of fused-ring (bicyclic) bond motifs is 5. The number of rotatable bonds is 5. The number of piperazine rings is 1. The van der Waals surface area contributed by atoms with Gasteiger partial charge in [0.1, 0.15) is 17.2 Å². The number of hydrogen-bond donors (Lipinski definition) is 1. The molecule has 2 bridgehead atoms. The summed E-state index contributed by atoms with van der Waals surface area (Å²) in [5, 5.41) is 0.289. The van der Waals surface area contributed by atoms with E-state index < -0.39 is 17.3 Å². The second-order valence-electron chi connectivity index (χ2n) is 12.5. The molecule has 0 aliphatic carbocycles. The van der Waals surface area contributed by atoms with Crippen molar-refractivity contribution < 1.29 is 13.6 Å². The predicted octanol–water partition coefficient (Wildman–Crippen LogP) is 5.51. The Kier molecular flexibility index (Phi) is 7.68. The lowest BCUT2D eigenvalue weighted by atomic mass is 9.98. The molecule has 1 fully saturated rings. The van der Waals surface area contributed by atoms with Crippen LogP contribution in [0, 0.1) is 11.6 Å². The first-order chi connectivity index (χ1) is 21.4. The van der Waals surface area contributed by atoms with E-state index in [0.29, 0.717) is 41.9 Å². The van der Waals surface area contributed by atoms with E-state index in [1.165, 1.54) is 28.7 Å². The number of anilines is 1. The summed E-state index contributed by atoms with van der Waals surface area (Å²) >= 11 is 0. The van der Waals surface area contributed by atoms with Crippen molar-refractivity contribution in [1.82, 2.24) is 29.2 Å². The molecule has 5 aromatic rings. The molecule has 1 amide bonds. The summed E-state index contributed by atoms with van der Waals surface area (Å²) in [6, 6.07) is 9.25. The van der Waals surface area contributed by atoms with Crippen LogP contribution in [0.25, 0.3) is 38.5 Å². The van der Waals surface area contributed by atoms with Gasteiger partial charge < -0.3 is 14.7 Å². The lowest BCUT2D eigenvalue weighted by Crippen LogP contribution is -2.58. The molecule has 11 heteroatoms. The Bertz CT molecular complexity index is 2100. The number of nitrogens with zero attached hydrogens (tertiary/aromatic N) is 6. The minimum atomic E-state index is -0.742. The summed E-state index contributed by atoms with van der Waals surface area (Å²) in [4.78, 5) is 45.2. The molecule has 45 heavy (non-hydrogen) atoms. The maximum Gasteiger partial charge on any atom is 0.333 e. The molecule has 0 radical (unpaired) electrons. The summed E-state index contributed by atoms with van der Waals surface area (Å²) in [7, 11) is 3.93. The molecule has 1 aliphatic rings. The Hall–Kier alpha value is -4.64. The molecular weight excluding hydrogens is 576 g/mol. The van der Waals surface area contributed by atoms with Crippen molar-refractivity contribution in [2.45, 2.75) is 52.2 Å². The third kappa shape index (κ3) is 5.14. The number of aromatic nitrogens is 4. The van der Waals surface area contributed by atoms with Crippen molar-refractivity contribution in [3.8, 4) is 0 Å². The molecule has 1 aliphatic heterocycles. The van der Waals surface area contributed by atoms with Gasteiger partial charge in [0, 0.05) is 31.7 Å². The molecule has 0 spiro atoms. The van der Waals surface area contributed by atoms with Crippen molar-refractivity contribution in [3.63, 3.8) is 0 Å². The summed E-state index contributed by atoms with van der Waals surface area (Å²) in [5.74, 6) is -1.22. The van der Waals surface area contributed by atoms with E-state index >= 15 is 8.78 Å². The van der Waals surface area contributed by atoms with Crippen LogP contribution in [0.5, 0.6) is 0 Å². The number of pyridine rings is 1. The number of halogens is 2. The molecular formula is C34H37F2N7O2. The Morgan fingerprint density at radius 3 is 2.53 bits per heavy atom. The molecule has 9 nitrogen and oxygen atoms in total. The zero-order valence-corrected chi connectivity index (χ0v) is 26.4. The highest BCUT2D eigenvalue weighted by atomic mass is 19.1. The first-order valence-electron chi connectivity index (χ1n) is 15.1. The van der Waals surface area contributed by atoms with Crippen LogP contribution in [0.2, 0.25) is 0 Å². The van der Waals surface area contributed by atoms with Gasteiger partial charge in [-0.05, 0) is 75.3 Å². The number of H-pyrrole nitrogens is 1. The average Bonchev–Trinajstić information content (AvgIpc) is 3.03. The minimum Gasteiger partial charge on any atom is -0.351 e. The SMILES string of the molecule is C=CC(=O)N1CC(C)N(c2[nH]c(=O)n3c4nc(c(F)cc24)c2c(F)cccc2nc2cc(CN(C)C)cc(C(C)C)c23)CC1C. The van der Waals surface area contributed by atoms with Crippen LogP contribution in [0.15, 0.2) is 53.8 Å². The van der Waals surface area contributed by atoms with Crippen LogP contribution >= 0.6 is 0 Å². The smallest absolute Gasteiger partial charge is 0.333 e. The zero-order valence-electron chi connectivity index (χ0n) is 26.4. The fourth-order valence-electron chi connectivity index (χ4n) is 6.51. The number of benzene rings is 2. The monoisotopic (exact) mass is 613 g/mol. The van der Waals surface area contributed by atoms with Crippen LogP contribution < -0.4 is 10.6 Å². The van der Waals surface area contributed by atoms with Gasteiger partial charge in [-0.15, -0.1) is 0 Å². The van der Waals surface area contributed by atoms with Gasteiger partial charge >= 0.3 is 5.69 Å². The summed E-state index contributed by atoms with van der Waals surface area (Å²) < 4.78 is 33.2. The van der Waals surface area contributed by atoms with E-state index in [2.05, 4.69) is 17.6 Å². The molecule has 234 valence electrons. The Labute approximate surface area is 259 Å². The molecule has 1 N–H and O–H groups in total. The topological polar surface area (TPSA) is 89.8 Å². The van der Waals surface area contributed by atoms with Crippen LogP contribution in [-0.4, -0.2) is 74.3 Å². The molecule has 6 rings (SSSR count). The van der Waals surface area contributed by atoms with Crippen molar-refractivity contribution in [2.24, 2.45) is 0 Å². The number of carbonyl (C=O) groups excluding carboxylic acids is 1. The lowest BCUT2D eigenvalue weighted by Gasteiger charge is -2.44. The normalized spacial score (nSPS) is 17.4. The van der Waals surface area contributed by atoms with E-state index in [0.717, 1.165) is 11.1 Å². The quantitative estimate of drug-likeness (QED) is 0.263. The molecule has 2 unspecified atom stereocenters. The summed E-state index contributed by atoms with van der Waals surface area (Å²) in [6.07, 6.45) is 1.29. The molecule has 2 atom stereocenters. The first kappa shape index (κ1) is 30.4. The molecule has 0 saturated carbocycles. The van der Waals surface area contributed by atoms with Crippen molar-refractivity contribution in [2.75, 3.05) is 32.1 Å². The number of carbonyl (C=O) groups is 1. The summed E-state index contributed by atoms with van der Waals surface area (Å²) in [6.45, 7) is 12.9. The number of hydrogen-bond acceptors (Lipinski definition) is 6. The molecule has 2 aromatic carbocycles. The average molecular weight is 614 g/mol. The van der Waals surface area contributed by atoms with Gasteiger partial charge in [-0.2, -0.15) is 0 Å². The Balaban J connectivity index is 1.79. The van der Waals surface area contributed by atoms with Gasteiger partial charge in [-0.25, -0.2) is 27.9 Å². The van der Waals surface area contributed by atoms with Gasteiger partial charge in [0.2, 0.25) is 5.91 Å². The van der Waals surface area contributed by atoms with E-state index in [4.69, 9.17) is 9.97 Å². The second-order valence-corrected chi connectivity index (χ2v) is 12.5. The van der Waals surface area contributed by atoms with Crippen LogP contribution in [0.1, 0.15) is 44.7 Å². The van der Waals surface area contributed by atoms with Crippen molar-refractivity contribution in [3.05, 3.63) is 82.3 Å². The van der Waals surface area contributed by atoms with E-state index in [1.54, 1.807) is 11.0 Å². The number of nitrogens with one attached hydrogen (secondary N) is 1. The van der Waals surface area contributed by atoms with Gasteiger partial charge in [0.15, 0.2) is 11.5 Å². The molecule has 3 aromatic heterocycles. The van der Waals surface area contributed by atoms with Gasteiger partial charge in [0.25, 0.3) is 0 Å². The third-order valence-electron chi connectivity index (χ3n) is 8.57. The standard InChI is InChI=1S/C34H37F2N7O2/c1-8-28(44)41-15-20(5)42(16-19(41)4)32-23-14-25(36)30-29-24(35)10-9-11-26(29)37-27-13-21(17-40(6)7)12-22(18(2)3)31(27)43(33(23)38-30)34(45)39-32/h8-14,18-20H,1,15-17H2,2-7H3,(H,39,45). The Morgan fingerprint density at radius 1 is 1.09 bits per heavy atom. The highest BCUT2D eigenvalue weighted by Crippen LogP contribution is 2.34. The minimum absolute atomic E-state index is 0.0262. The third-order valence-corrected chi connectivity index (χ3v) is 8.57. The Morgan fingerprint density at radius 2 is 1.84 bits per heavy atom. The van der Waals surface area contributed by atoms with E-state index in [1.807, 2.05) is 57.7 Å². The maximum absolute atomic E-state index is 16.2. The maximum atomic E-state index is 16.2. The summed E-state index contributed by atoms with van der Waals surface area (Å²) in [5.41, 5.74) is 2.47. The fourth-order valence-corrected chi connectivity index (χ4v) is 6.51. The number of aromatic amines is 1. The fraction of sp³-hybridized carbons (Fsp3) is 0.353. The largest absolute Gasteiger partial charge is 0.351 e. The second kappa shape index (κ2) is 11.4. The predicted molar refractivity (Wildman–Crippen MR) is 175 cm³/mol. The first-order valence-corrected chi connectivity index (χ1v) is 15.1. The lowest BCUT2D eigenvalue weighted by molar-refractivity contribution is -0.128. The van der Waals surface area contributed by atoms with E-state index in [9.17, 15) is 9.59 Å². The van der Waals surface area contributed by atoms with Crippen LogP contribution in [-0.2, 0) is 11.3 Å². The molecule has 4 heterocycles. The van der Waals surface area contributed by atoms with Crippen molar-refractivity contribution >= 4 is 50.2 Å². The number of amides is 1. The van der Waals surface area contributed by atoms with Crippen LogP contribution in [0.3, 0.4) is 0 Å². The highest BCUT2D eigenvalue weighted by molar-refractivity contribution is 6.00. The van der Waals surface area contributed by atoms with Gasteiger partial charge in [-0.3, -0.25) is 9.78 Å². The highest BCUT2D eigenvalue weighted by Gasteiger charge is 2.33. The van der Waals surface area contributed by atoms with E-state index in [-0.39, 0.29) is 46.0 Å².